The van der Waals surface area contributed by atoms with Crippen LogP contribution >= 0.6 is 0 Å². The molecule has 0 radical (unpaired) electrons. The van der Waals surface area contributed by atoms with Gasteiger partial charge in [-0.2, -0.15) is 0 Å². The van der Waals surface area contributed by atoms with E-state index in [1.54, 1.807) is 14.0 Å². The van der Waals surface area contributed by atoms with E-state index in [1.165, 1.54) is 0 Å². The molecule has 246 valence electrons. The van der Waals surface area contributed by atoms with Crippen molar-refractivity contribution in [2.75, 3.05) is 40.0 Å². The third-order valence-corrected chi connectivity index (χ3v) is 8.48. The van der Waals surface area contributed by atoms with Gasteiger partial charge in [0.1, 0.15) is 6.54 Å². The molecule has 0 bridgehead atoms. The molecule has 3 N–H and O–H groups in total. The first kappa shape index (κ1) is 33.6. The van der Waals surface area contributed by atoms with Gasteiger partial charge in [-0.15, -0.1) is 0 Å². The number of amides is 2. The van der Waals surface area contributed by atoms with Crippen molar-refractivity contribution < 1.29 is 33.6 Å². The van der Waals surface area contributed by atoms with Crippen molar-refractivity contribution in [3.63, 3.8) is 0 Å². The average Bonchev–Trinajstić information content (AvgIpc) is 3.53. The van der Waals surface area contributed by atoms with Crippen molar-refractivity contribution in [2.45, 2.75) is 63.9 Å². The maximum atomic E-state index is 12.2. The number of ether oxygens (including phenoxy) is 4. The monoisotopic (exact) mass is 631 g/mol. The Labute approximate surface area is 271 Å². The van der Waals surface area contributed by atoms with Crippen molar-refractivity contribution in [3.05, 3.63) is 95.1 Å². The largest absolute Gasteiger partial charge is 0.465 e. The summed E-state index contributed by atoms with van der Waals surface area (Å²) in [6.45, 7) is 4.66. The highest BCUT2D eigenvalue weighted by atomic mass is 16.7. The van der Waals surface area contributed by atoms with Crippen LogP contribution < -0.4 is 10.6 Å². The predicted molar refractivity (Wildman–Crippen MR) is 174 cm³/mol. The van der Waals surface area contributed by atoms with Crippen molar-refractivity contribution in [2.24, 2.45) is 0 Å². The summed E-state index contributed by atoms with van der Waals surface area (Å²) in [4.78, 5) is 26.2. The summed E-state index contributed by atoms with van der Waals surface area (Å²) >= 11 is 0. The van der Waals surface area contributed by atoms with Gasteiger partial charge in [0.2, 0.25) is 0 Å². The Morgan fingerprint density at radius 2 is 1.74 bits per heavy atom. The lowest BCUT2D eigenvalue weighted by atomic mass is 9.98. The van der Waals surface area contributed by atoms with E-state index in [9.17, 15) is 14.7 Å². The number of carbonyl (C=O) groups is 2. The molecule has 3 aromatic carbocycles. The summed E-state index contributed by atoms with van der Waals surface area (Å²) in [6, 6.07) is 24.1. The van der Waals surface area contributed by atoms with E-state index < -0.39 is 18.3 Å². The van der Waals surface area contributed by atoms with E-state index in [2.05, 4.69) is 21.6 Å². The summed E-state index contributed by atoms with van der Waals surface area (Å²) in [5.74, 6) is -0.478. The van der Waals surface area contributed by atoms with E-state index in [0.29, 0.717) is 19.2 Å². The summed E-state index contributed by atoms with van der Waals surface area (Å²) < 4.78 is 23.6. The van der Waals surface area contributed by atoms with Crippen LogP contribution in [0, 0.1) is 0 Å². The number of methoxy groups -OCH3 is 1. The molecule has 10 heteroatoms. The van der Waals surface area contributed by atoms with Crippen LogP contribution in [0.5, 0.6) is 0 Å². The molecule has 0 spiro atoms. The Hall–Kier alpha value is -3.80. The molecule has 4 atom stereocenters. The van der Waals surface area contributed by atoms with Crippen molar-refractivity contribution in [3.8, 4) is 11.1 Å². The second kappa shape index (κ2) is 16.7. The molecule has 0 aromatic heterocycles. The molecule has 2 amide bonds. The maximum Gasteiger partial charge on any atom is 0.325 e. The van der Waals surface area contributed by atoms with E-state index in [0.717, 1.165) is 65.7 Å². The van der Waals surface area contributed by atoms with Gasteiger partial charge in [0.15, 0.2) is 6.29 Å². The zero-order valence-electron chi connectivity index (χ0n) is 26.7. The Balaban J connectivity index is 1.30. The molecular weight excluding hydrogens is 586 g/mol. The van der Waals surface area contributed by atoms with Gasteiger partial charge in [-0.25, -0.2) is 4.79 Å². The second-order valence-electron chi connectivity index (χ2n) is 11.8. The van der Waals surface area contributed by atoms with Gasteiger partial charge in [0.05, 0.1) is 32.0 Å². The lowest BCUT2D eigenvalue weighted by Crippen LogP contribution is -2.42. The van der Waals surface area contributed by atoms with E-state index in [-0.39, 0.29) is 32.0 Å². The zero-order chi connectivity index (χ0) is 32.3. The fourth-order valence-electron chi connectivity index (χ4n) is 6.15. The summed E-state index contributed by atoms with van der Waals surface area (Å²) in [5, 5.41) is 14.8. The molecule has 2 aliphatic rings. The van der Waals surface area contributed by atoms with Crippen molar-refractivity contribution in [1.82, 2.24) is 15.5 Å². The second-order valence-corrected chi connectivity index (χ2v) is 11.8. The van der Waals surface area contributed by atoms with E-state index >= 15 is 0 Å². The minimum atomic E-state index is -0.558. The number of aliphatic hydroxyl groups excluding tert-OH is 1. The molecule has 0 aliphatic carbocycles. The summed E-state index contributed by atoms with van der Waals surface area (Å²) in [7, 11) is 1.76. The number of hydrogen-bond donors (Lipinski definition) is 3. The van der Waals surface area contributed by atoms with Crippen molar-refractivity contribution in [1.29, 1.82) is 0 Å². The molecule has 46 heavy (non-hydrogen) atoms. The van der Waals surface area contributed by atoms with Gasteiger partial charge < -0.3 is 34.7 Å². The normalized spacial score (nSPS) is 21.5. The Bertz CT molecular complexity index is 1430. The van der Waals surface area contributed by atoms with Gasteiger partial charge in [-0.3, -0.25) is 9.69 Å². The summed E-state index contributed by atoms with van der Waals surface area (Å²) in [6.07, 6.45) is 2.26. The zero-order valence-corrected chi connectivity index (χ0v) is 26.7. The molecule has 10 nitrogen and oxygen atoms in total. The number of urea groups is 1. The molecule has 2 aliphatic heterocycles. The third kappa shape index (κ3) is 9.14. The smallest absolute Gasteiger partial charge is 0.325 e. The first-order valence-electron chi connectivity index (χ1n) is 16.1. The van der Waals surface area contributed by atoms with Crippen molar-refractivity contribution >= 4 is 12.0 Å². The molecule has 5 rings (SSSR count). The van der Waals surface area contributed by atoms with Gasteiger partial charge >= 0.3 is 12.0 Å². The number of carbonyl (C=O) groups excluding carboxylic acids is 2. The lowest BCUT2D eigenvalue weighted by molar-refractivity contribution is -0.253. The van der Waals surface area contributed by atoms with E-state index in [4.69, 9.17) is 18.9 Å². The topological polar surface area (TPSA) is 119 Å². The molecule has 2 fully saturated rings. The number of rotatable bonds is 13. The van der Waals surface area contributed by atoms with Gasteiger partial charge in [0, 0.05) is 38.2 Å². The highest BCUT2D eigenvalue weighted by Gasteiger charge is 2.35. The minimum Gasteiger partial charge on any atom is -0.465 e. The fraction of sp³-hybridized carbons (Fsp3) is 0.444. The van der Waals surface area contributed by atoms with Crippen LogP contribution in [-0.4, -0.2) is 74.1 Å². The number of benzene rings is 3. The van der Waals surface area contributed by atoms with Crippen LogP contribution in [-0.2, 0) is 36.9 Å². The van der Waals surface area contributed by atoms with Crippen LogP contribution in [0.2, 0.25) is 0 Å². The minimum absolute atomic E-state index is 0.00273. The van der Waals surface area contributed by atoms with Crippen LogP contribution in [0.3, 0.4) is 0 Å². The first-order valence-corrected chi connectivity index (χ1v) is 16.1. The number of hydrogen-bond acceptors (Lipinski definition) is 8. The van der Waals surface area contributed by atoms with Gasteiger partial charge in [-0.05, 0) is 66.3 Å². The van der Waals surface area contributed by atoms with Gasteiger partial charge in [0.25, 0.3) is 0 Å². The third-order valence-electron chi connectivity index (χ3n) is 8.48. The Morgan fingerprint density at radius 3 is 2.50 bits per heavy atom. The lowest BCUT2D eigenvalue weighted by Gasteiger charge is -2.39. The van der Waals surface area contributed by atoms with Crippen LogP contribution in [0.1, 0.15) is 60.8 Å². The van der Waals surface area contributed by atoms with Crippen LogP contribution in [0.25, 0.3) is 11.1 Å². The Kier molecular flexibility index (Phi) is 12.2. The van der Waals surface area contributed by atoms with Crippen LogP contribution in [0.4, 0.5) is 4.79 Å². The number of esters is 1. The fourth-order valence-corrected chi connectivity index (χ4v) is 6.15. The standard InChI is InChI=1S/C36H45N3O7/c1-3-44-34(41)21-38-36(42)37-20-26-7-4-8-28(17-26)29-9-5-10-30(18-29)35-45-32(22-39-16-6-11-31(39)24-43-2)19-33(46-35)27-14-12-25(23-40)13-15-27/h4-5,7-10,12-15,17-18,31-33,35,40H,3,6,11,16,19-24H2,1-2H3,(H2,37,38,42)/t31-,32+,33-,35-/m0/s1. The Morgan fingerprint density at radius 1 is 0.957 bits per heavy atom. The maximum absolute atomic E-state index is 12.2. The number of nitrogens with zero attached hydrogens (tertiary/aromatic N) is 1. The molecule has 3 aromatic rings. The number of likely N-dealkylation sites (tertiary alicyclic amines) is 1. The van der Waals surface area contributed by atoms with Crippen LogP contribution in [0.15, 0.2) is 72.8 Å². The predicted octanol–water partition coefficient (Wildman–Crippen LogP) is 4.86. The molecule has 2 saturated heterocycles. The average molecular weight is 632 g/mol. The first-order chi connectivity index (χ1) is 22.4. The van der Waals surface area contributed by atoms with Gasteiger partial charge in [-0.1, -0.05) is 60.7 Å². The molecular formula is C36H45N3O7. The number of nitrogens with one attached hydrogen (secondary N) is 2. The molecule has 0 unspecified atom stereocenters. The molecule has 0 saturated carbocycles. The highest BCUT2D eigenvalue weighted by Crippen LogP contribution is 2.39. The van der Waals surface area contributed by atoms with E-state index in [1.807, 2.05) is 66.7 Å². The molecule has 2 heterocycles. The SMILES string of the molecule is CCOC(=O)CNC(=O)NCc1cccc(-c2cccc([C@H]3O[C@@H](CN4CCC[C@H]4COC)C[C@@H](c4ccc(CO)cc4)O3)c2)c1. The number of aliphatic hydroxyl groups is 1. The quantitative estimate of drug-likeness (QED) is 0.229. The summed E-state index contributed by atoms with van der Waals surface area (Å²) in [5.41, 5.74) is 5.77. The highest BCUT2D eigenvalue weighted by molar-refractivity contribution is 5.80.